The van der Waals surface area contributed by atoms with Gasteiger partial charge in [0.25, 0.3) is 0 Å². The summed E-state index contributed by atoms with van der Waals surface area (Å²) in [5.74, 6) is 0.937. The Bertz CT molecular complexity index is 351. The third-order valence-corrected chi connectivity index (χ3v) is 2.53. The van der Waals surface area contributed by atoms with E-state index in [1.54, 1.807) is 0 Å². The Kier molecular flexibility index (Phi) is 2.22. The molecule has 0 bridgehead atoms. The zero-order valence-electron chi connectivity index (χ0n) is 6.77. The molecule has 13 heavy (non-hydrogen) atoms. The third-order valence-electron chi connectivity index (χ3n) is 2.04. The van der Waals surface area contributed by atoms with E-state index in [-0.39, 0.29) is 5.92 Å². The first kappa shape index (κ1) is 8.56. The Labute approximate surface area is 84.1 Å². The molecule has 1 aromatic rings. The zero-order valence-corrected chi connectivity index (χ0v) is 8.36. The average molecular weight is 242 g/mol. The number of ether oxygens (including phenoxy) is 1. The minimum atomic E-state index is 0.0769. The molecule has 0 aliphatic carbocycles. The van der Waals surface area contributed by atoms with Gasteiger partial charge in [-0.3, -0.25) is 0 Å². The molecule has 0 fully saturated rings. The maximum absolute atomic E-state index is 8.41. The summed E-state index contributed by atoms with van der Waals surface area (Å²) in [7, 11) is 0. The quantitative estimate of drug-likeness (QED) is 0.466. The van der Waals surface area contributed by atoms with E-state index >= 15 is 0 Å². The first-order valence-corrected chi connectivity index (χ1v) is 4.70. The first-order valence-electron chi connectivity index (χ1n) is 3.91. The molecule has 1 aliphatic rings. The Balaban J connectivity index is 2.38. The van der Waals surface area contributed by atoms with Crippen LogP contribution < -0.4 is 4.74 Å². The molecule has 1 heterocycles. The van der Waals surface area contributed by atoms with Gasteiger partial charge in [0.15, 0.2) is 0 Å². The number of halogens is 1. The van der Waals surface area contributed by atoms with E-state index < -0.39 is 0 Å². The molecule has 1 atom stereocenters. The molecule has 0 amide bonds. The van der Waals surface area contributed by atoms with Gasteiger partial charge >= 0.3 is 0 Å². The molecular weight excluding hydrogens is 234 g/mol. The molecule has 1 unspecified atom stereocenters. The Morgan fingerprint density at radius 2 is 2.46 bits per heavy atom. The number of hydrogen-bond donors (Lipinski definition) is 1. The van der Waals surface area contributed by atoms with Crippen LogP contribution in [0.1, 0.15) is 11.5 Å². The normalized spacial score (nSPS) is 20.2. The molecule has 0 saturated heterocycles. The van der Waals surface area contributed by atoms with Crippen LogP contribution in [0, 0.1) is 0 Å². The SMILES string of the molecule is ON=CC1COc2cc(Br)ccc21. The lowest BCUT2D eigenvalue weighted by Gasteiger charge is -1.99. The minimum Gasteiger partial charge on any atom is -0.492 e. The lowest BCUT2D eigenvalue weighted by molar-refractivity contribution is 0.314. The van der Waals surface area contributed by atoms with E-state index in [0.29, 0.717) is 6.61 Å². The van der Waals surface area contributed by atoms with Gasteiger partial charge in [-0.2, -0.15) is 0 Å². The van der Waals surface area contributed by atoms with E-state index in [9.17, 15) is 0 Å². The van der Waals surface area contributed by atoms with E-state index in [1.807, 2.05) is 18.2 Å². The van der Waals surface area contributed by atoms with Gasteiger partial charge in [0.2, 0.25) is 0 Å². The predicted molar refractivity (Wildman–Crippen MR) is 52.7 cm³/mol. The summed E-state index contributed by atoms with van der Waals surface area (Å²) in [6.45, 7) is 0.551. The molecule has 0 aromatic heterocycles. The number of benzene rings is 1. The third kappa shape index (κ3) is 1.54. The highest BCUT2D eigenvalue weighted by molar-refractivity contribution is 9.10. The lowest BCUT2D eigenvalue weighted by atomic mass is 10.0. The van der Waals surface area contributed by atoms with Crippen molar-refractivity contribution >= 4 is 22.1 Å². The van der Waals surface area contributed by atoms with Crippen molar-refractivity contribution in [2.75, 3.05) is 6.61 Å². The van der Waals surface area contributed by atoms with E-state index in [1.165, 1.54) is 6.21 Å². The summed E-state index contributed by atoms with van der Waals surface area (Å²) in [5.41, 5.74) is 1.07. The van der Waals surface area contributed by atoms with Crippen LogP contribution in [-0.4, -0.2) is 18.0 Å². The molecule has 4 heteroatoms. The summed E-state index contributed by atoms with van der Waals surface area (Å²) < 4.78 is 6.41. The number of nitrogens with zero attached hydrogens (tertiary/aromatic N) is 1. The van der Waals surface area contributed by atoms with Crippen molar-refractivity contribution in [3.05, 3.63) is 28.2 Å². The maximum Gasteiger partial charge on any atom is 0.124 e. The van der Waals surface area contributed by atoms with Crippen LogP contribution in [0.2, 0.25) is 0 Å². The van der Waals surface area contributed by atoms with Crippen LogP contribution in [0.5, 0.6) is 5.75 Å². The number of rotatable bonds is 1. The van der Waals surface area contributed by atoms with Crippen molar-refractivity contribution in [2.24, 2.45) is 5.16 Å². The van der Waals surface area contributed by atoms with Gasteiger partial charge in [0.05, 0.1) is 12.1 Å². The van der Waals surface area contributed by atoms with Crippen LogP contribution in [0.15, 0.2) is 27.8 Å². The van der Waals surface area contributed by atoms with Crippen molar-refractivity contribution in [3.63, 3.8) is 0 Å². The fourth-order valence-corrected chi connectivity index (χ4v) is 1.75. The topological polar surface area (TPSA) is 41.8 Å². The molecule has 3 nitrogen and oxygen atoms in total. The average Bonchev–Trinajstić information content (AvgIpc) is 2.49. The molecule has 68 valence electrons. The number of hydrogen-bond acceptors (Lipinski definition) is 3. The first-order chi connectivity index (χ1) is 6.31. The van der Waals surface area contributed by atoms with Crippen molar-refractivity contribution in [1.82, 2.24) is 0 Å². The van der Waals surface area contributed by atoms with Crippen molar-refractivity contribution in [3.8, 4) is 5.75 Å². The zero-order chi connectivity index (χ0) is 9.26. The Morgan fingerprint density at radius 3 is 3.23 bits per heavy atom. The smallest absolute Gasteiger partial charge is 0.124 e. The van der Waals surface area contributed by atoms with Crippen molar-refractivity contribution in [1.29, 1.82) is 0 Å². The molecule has 1 aromatic carbocycles. The maximum atomic E-state index is 8.41. The van der Waals surface area contributed by atoms with Gasteiger partial charge in [-0.25, -0.2) is 0 Å². The van der Waals surface area contributed by atoms with Crippen LogP contribution in [-0.2, 0) is 0 Å². The summed E-state index contributed by atoms with van der Waals surface area (Å²) >= 11 is 3.36. The van der Waals surface area contributed by atoms with Crippen molar-refractivity contribution in [2.45, 2.75) is 5.92 Å². The van der Waals surface area contributed by atoms with E-state index in [2.05, 4.69) is 21.1 Å². The Morgan fingerprint density at radius 1 is 1.62 bits per heavy atom. The lowest BCUT2D eigenvalue weighted by Crippen LogP contribution is -2.01. The molecule has 1 N–H and O–H groups in total. The van der Waals surface area contributed by atoms with Gasteiger partial charge < -0.3 is 9.94 Å². The minimum absolute atomic E-state index is 0.0769. The van der Waals surface area contributed by atoms with Gasteiger partial charge in [0, 0.05) is 10.0 Å². The highest BCUT2D eigenvalue weighted by atomic mass is 79.9. The molecule has 0 radical (unpaired) electrons. The molecule has 0 saturated carbocycles. The van der Waals surface area contributed by atoms with Crippen LogP contribution >= 0.6 is 15.9 Å². The van der Waals surface area contributed by atoms with Gasteiger partial charge in [-0.15, -0.1) is 5.16 Å². The molecule has 2 rings (SSSR count). The second kappa shape index (κ2) is 3.38. The number of oxime groups is 1. The fraction of sp³-hybridized carbons (Fsp3) is 0.222. The van der Waals surface area contributed by atoms with Gasteiger partial charge in [-0.1, -0.05) is 22.0 Å². The van der Waals surface area contributed by atoms with E-state index in [0.717, 1.165) is 15.8 Å². The summed E-state index contributed by atoms with van der Waals surface area (Å²) in [5, 5.41) is 11.4. The highest BCUT2D eigenvalue weighted by Crippen LogP contribution is 2.34. The van der Waals surface area contributed by atoms with Crippen LogP contribution in [0.4, 0.5) is 0 Å². The summed E-state index contributed by atoms with van der Waals surface area (Å²) in [4.78, 5) is 0. The largest absolute Gasteiger partial charge is 0.492 e. The molecule has 1 aliphatic heterocycles. The molecular formula is C9H8BrNO2. The van der Waals surface area contributed by atoms with E-state index in [4.69, 9.17) is 9.94 Å². The van der Waals surface area contributed by atoms with Gasteiger partial charge in [0.1, 0.15) is 12.4 Å². The van der Waals surface area contributed by atoms with Crippen molar-refractivity contribution < 1.29 is 9.94 Å². The van der Waals surface area contributed by atoms with Gasteiger partial charge in [-0.05, 0) is 12.1 Å². The van der Waals surface area contributed by atoms with Crippen LogP contribution in [0.3, 0.4) is 0 Å². The summed E-state index contributed by atoms with van der Waals surface area (Å²) in [6, 6.07) is 5.84. The second-order valence-corrected chi connectivity index (χ2v) is 3.78. The predicted octanol–water partition coefficient (Wildman–Crippen LogP) is 2.39. The Hall–Kier alpha value is -1.03. The monoisotopic (exact) mass is 241 g/mol. The molecule has 0 spiro atoms. The second-order valence-electron chi connectivity index (χ2n) is 2.86. The number of fused-ring (bicyclic) bond motifs is 1. The highest BCUT2D eigenvalue weighted by Gasteiger charge is 2.22. The fourth-order valence-electron chi connectivity index (χ4n) is 1.41. The standard InChI is InChI=1S/C9H8BrNO2/c10-7-1-2-8-6(4-11-12)5-13-9(8)3-7/h1-4,6,12H,5H2. The van der Waals surface area contributed by atoms with Crippen LogP contribution in [0.25, 0.3) is 0 Å². The summed E-state index contributed by atoms with van der Waals surface area (Å²) in [6.07, 6.45) is 1.49.